The fraction of sp³-hybridized carbons (Fsp3) is 0.692. The highest BCUT2D eigenvalue weighted by molar-refractivity contribution is 7.99. The third-order valence-corrected chi connectivity index (χ3v) is 3.87. The van der Waals surface area contributed by atoms with Gasteiger partial charge in [0.05, 0.1) is 11.9 Å². The Labute approximate surface area is 118 Å². The Hall–Kier alpha value is -1.17. The number of carbonyl (C=O) groups is 1. The van der Waals surface area contributed by atoms with Gasteiger partial charge in [-0.25, -0.2) is 0 Å². The van der Waals surface area contributed by atoms with Gasteiger partial charge in [0.1, 0.15) is 6.54 Å². The number of rotatable bonds is 9. The number of anilines is 1. The minimum Gasteiger partial charge on any atom is -0.382 e. The fourth-order valence-electron chi connectivity index (χ4n) is 1.74. The zero-order valence-electron chi connectivity index (χ0n) is 11.4. The monoisotopic (exact) mass is 282 g/mol. The van der Waals surface area contributed by atoms with Gasteiger partial charge >= 0.3 is 0 Å². The quantitative estimate of drug-likeness (QED) is 0.677. The van der Waals surface area contributed by atoms with Gasteiger partial charge in [-0.15, -0.1) is 0 Å². The van der Waals surface area contributed by atoms with Crippen molar-refractivity contribution in [3.63, 3.8) is 0 Å². The van der Waals surface area contributed by atoms with E-state index in [1.165, 1.54) is 11.5 Å². The molecule has 1 fully saturated rings. The number of aromatic nitrogens is 2. The highest BCUT2D eigenvalue weighted by Gasteiger charge is 2.23. The van der Waals surface area contributed by atoms with Crippen LogP contribution in [0.4, 0.5) is 5.69 Å². The van der Waals surface area contributed by atoms with E-state index in [0.717, 1.165) is 31.5 Å². The molecular weight excluding hydrogens is 260 g/mol. The second-order valence-corrected chi connectivity index (χ2v) is 6.14. The maximum absolute atomic E-state index is 11.6. The van der Waals surface area contributed by atoms with Gasteiger partial charge in [0.25, 0.3) is 0 Å². The second kappa shape index (κ2) is 7.43. The molecule has 0 spiro atoms. The molecule has 1 aromatic rings. The molecule has 0 atom stereocenters. The van der Waals surface area contributed by atoms with Crippen molar-refractivity contribution in [1.82, 2.24) is 15.1 Å². The van der Waals surface area contributed by atoms with Crippen molar-refractivity contribution in [2.24, 2.45) is 0 Å². The van der Waals surface area contributed by atoms with E-state index in [1.54, 1.807) is 10.9 Å². The summed E-state index contributed by atoms with van der Waals surface area (Å²) in [5.41, 5.74) is 0.987. The Bertz CT molecular complexity index is 403. The second-order valence-electron chi connectivity index (χ2n) is 4.75. The van der Waals surface area contributed by atoms with Gasteiger partial charge in [-0.05, 0) is 30.8 Å². The molecule has 0 bridgehead atoms. The Morgan fingerprint density at radius 2 is 2.42 bits per heavy atom. The topological polar surface area (TPSA) is 59.0 Å². The van der Waals surface area contributed by atoms with E-state index < -0.39 is 0 Å². The van der Waals surface area contributed by atoms with Gasteiger partial charge in [0, 0.05) is 18.8 Å². The minimum atomic E-state index is 0.0523. The lowest BCUT2D eigenvalue weighted by atomic mass is 10.4. The molecular formula is C13H22N4OS. The number of hydrogen-bond donors (Lipinski definition) is 2. The van der Waals surface area contributed by atoms with Crippen molar-refractivity contribution in [3.05, 3.63) is 12.4 Å². The number of amides is 1. The first kappa shape index (κ1) is 14.2. The lowest BCUT2D eigenvalue weighted by Crippen LogP contribution is -2.29. The molecule has 1 aromatic heterocycles. The first-order valence-corrected chi connectivity index (χ1v) is 8.07. The summed E-state index contributed by atoms with van der Waals surface area (Å²) in [7, 11) is 0. The normalized spacial score (nSPS) is 14.4. The highest BCUT2D eigenvalue weighted by atomic mass is 32.2. The molecule has 1 aliphatic rings. The van der Waals surface area contributed by atoms with Crippen LogP contribution in [0.3, 0.4) is 0 Å². The van der Waals surface area contributed by atoms with Crippen LogP contribution in [0.2, 0.25) is 0 Å². The molecule has 1 amide bonds. The maximum Gasteiger partial charge on any atom is 0.241 e. The maximum atomic E-state index is 11.6. The van der Waals surface area contributed by atoms with Crippen LogP contribution in [0.15, 0.2) is 12.4 Å². The van der Waals surface area contributed by atoms with E-state index in [4.69, 9.17) is 0 Å². The third-order valence-electron chi connectivity index (χ3n) is 2.88. The number of thioether (sulfide) groups is 1. The SMILES string of the molecule is CCSCCCNc1cnn(CC(=O)NC2CC2)c1. The van der Waals surface area contributed by atoms with Crippen molar-refractivity contribution < 1.29 is 4.79 Å². The summed E-state index contributed by atoms with van der Waals surface area (Å²) in [6, 6.07) is 0.414. The lowest BCUT2D eigenvalue weighted by molar-refractivity contribution is -0.122. The van der Waals surface area contributed by atoms with Crippen molar-refractivity contribution in [2.75, 3.05) is 23.4 Å². The zero-order chi connectivity index (χ0) is 13.5. The van der Waals surface area contributed by atoms with Crippen LogP contribution in [-0.2, 0) is 11.3 Å². The first-order chi connectivity index (χ1) is 9.28. The van der Waals surface area contributed by atoms with Crippen LogP contribution in [0.25, 0.3) is 0 Å². The smallest absolute Gasteiger partial charge is 0.241 e. The number of hydrogen-bond acceptors (Lipinski definition) is 4. The summed E-state index contributed by atoms with van der Waals surface area (Å²) in [6.45, 7) is 3.44. The van der Waals surface area contributed by atoms with Gasteiger partial charge in [-0.1, -0.05) is 6.92 Å². The molecule has 0 saturated heterocycles. The predicted molar refractivity (Wildman–Crippen MR) is 79.5 cm³/mol. The minimum absolute atomic E-state index is 0.0523. The van der Waals surface area contributed by atoms with E-state index in [1.807, 2.05) is 18.0 Å². The van der Waals surface area contributed by atoms with E-state index in [0.29, 0.717) is 12.6 Å². The molecule has 0 aliphatic heterocycles. The summed E-state index contributed by atoms with van der Waals surface area (Å²) < 4.78 is 1.68. The summed E-state index contributed by atoms with van der Waals surface area (Å²) >= 11 is 1.95. The van der Waals surface area contributed by atoms with Crippen LogP contribution >= 0.6 is 11.8 Å². The fourth-order valence-corrected chi connectivity index (χ4v) is 2.38. The molecule has 0 aromatic carbocycles. The van der Waals surface area contributed by atoms with Crippen molar-refractivity contribution in [2.45, 2.75) is 38.8 Å². The van der Waals surface area contributed by atoms with Crippen molar-refractivity contribution >= 4 is 23.4 Å². The molecule has 6 heteroatoms. The molecule has 19 heavy (non-hydrogen) atoms. The summed E-state index contributed by atoms with van der Waals surface area (Å²) in [5, 5.41) is 10.5. The van der Waals surface area contributed by atoms with Crippen molar-refractivity contribution in [1.29, 1.82) is 0 Å². The number of nitrogens with zero attached hydrogens (tertiary/aromatic N) is 2. The third kappa shape index (κ3) is 5.55. The molecule has 2 N–H and O–H groups in total. The van der Waals surface area contributed by atoms with Crippen LogP contribution in [-0.4, -0.2) is 39.8 Å². The van der Waals surface area contributed by atoms with Crippen molar-refractivity contribution in [3.8, 4) is 0 Å². The first-order valence-electron chi connectivity index (χ1n) is 6.91. The Morgan fingerprint density at radius 1 is 1.58 bits per heavy atom. The number of carbonyl (C=O) groups excluding carboxylic acids is 1. The Morgan fingerprint density at radius 3 is 3.16 bits per heavy atom. The molecule has 0 radical (unpaired) electrons. The zero-order valence-corrected chi connectivity index (χ0v) is 12.2. The van der Waals surface area contributed by atoms with E-state index in [-0.39, 0.29) is 5.91 Å². The standard InChI is InChI=1S/C13H22N4OS/c1-2-19-7-3-6-14-12-8-15-17(9-12)10-13(18)16-11-4-5-11/h8-9,11,14H,2-7,10H2,1H3,(H,16,18). The molecule has 106 valence electrons. The molecule has 1 aliphatic carbocycles. The van der Waals surface area contributed by atoms with Crippen LogP contribution in [0.5, 0.6) is 0 Å². The number of nitrogens with one attached hydrogen (secondary N) is 2. The van der Waals surface area contributed by atoms with Gasteiger partial charge < -0.3 is 10.6 Å². The van der Waals surface area contributed by atoms with E-state index in [2.05, 4.69) is 22.7 Å². The molecule has 5 nitrogen and oxygen atoms in total. The summed E-state index contributed by atoms with van der Waals surface area (Å²) in [4.78, 5) is 11.6. The van der Waals surface area contributed by atoms with E-state index >= 15 is 0 Å². The van der Waals surface area contributed by atoms with E-state index in [9.17, 15) is 4.79 Å². The van der Waals surface area contributed by atoms with Gasteiger partial charge in [-0.2, -0.15) is 16.9 Å². The molecule has 1 saturated carbocycles. The average molecular weight is 282 g/mol. The van der Waals surface area contributed by atoms with Gasteiger partial charge in [0.2, 0.25) is 5.91 Å². The molecule has 2 rings (SSSR count). The Balaban J connectivity index is 1.64. The van der Waals surface area contributed by atoms with Crippen LogP contribution < -0.4 is 10.6 Å². The predicted octanol–water partition coefficient (Wildman–Crippen LogP) is 1.72. The molecule has 0 unspecified atom stereocenters. The summed E-state index contributed by atoms with van der Waals surface area (Å²) in [6.07, 6.45) is 7.05. The van der Waals surface area contributed by atoms with Crippen LogP contribution in [0.1, 0.15) is 26.2 Å². The highest BCUT2D eigenvalue weighted by Crippen LogP contribution is 2.18. The Kier molecular flexibility index (Phi) is 5.57. The molecule has 1 heterocycles. The average Bonchev–Trinajstić information content (AvgIpc) is 3.08. The van der Waals surface area contributed by atoms with Crippen LogP contribution in [0, 0.1) is 0 Å². The van der Waals surface area contributed by atoms with Gasteiger partial charge in [0.15, 0.2) is 0 Å². The summed E-state index contributed by atoms with van der Waals surface area (Å²) in [5.74, 6) is 2.41. The van der Waals surface area contributed by atoms with Gasteiger partial charge in [-0.3, -0.25) is 9.48 Å². The lowest BCUT2D eigenvalue weighted by Gasteiger charge is -2.03. The largest absolute Gasteiger partial charge is 0.382 e.